The van der Waals surface area contributed by atoms with Gasteiger partial charge in [-0.05, 0) is 63.6 Å². The summed E-state index contributed by atoms with van der Waals surface area (Å²) < 4.78 is 0. The highest BCUT2D eigenvalue weighted by atomic mass is 16.1. The van der Waals surface area contributed by atoms with Crippen molar-refractivity contribution in [3.05, 3.63) is 0 Å². The van der Waals surface area contributed by atoms with Crippen molar-refractivity contribution >= 4 is 5.78 Å². The summed E-state index contributed by atoms with van der Waals surface area (Å²) >= 11 is 0. The fourth-order valence-corrected chi connectivity index (χ4v) is 4.55. The molecular weight excluding hydrogens is 198 g/mol. The van der Waals surface area contributed by atoms with Gasteiger partial charge in [-0.3, -0.25) is 4.79 Å². The quantitative estimate of drug-likeness (QED) is 0.626. The summed E-state index contributed by atoms with van der Waals surface area (Å²) in [5.74, 6) is 1.79. The zero-order valence-corrected chi connectivity index (χ0v) is 10.4. The van der Waals surface area contributed by atoms with Gasteiger partial charge >= 0.3 is 0 Å². The van der Waals surface area contributed by atoms with Crippen LogP contribution < -0.4 is 0 Å². The highest BCUT2D eigenvalue weighted by Crippen LogP contribution is 2.55. The average molecular weight is 221 g/mol. The Morgan fingerprint density at radius 1 is 1.19 bits per heavy atom. The molecule has 0 aromatic rings. The summed E-state index contributed by atoms with van der Waals surface area (Å²) in [6, 6.07) is 0. The van der Waals surface area contributed by atoms with E-state index in [0.29, 0.717) is 17.1 Å². The summed E-state index contributed by atoms with van der Waals surface area (Å²) in [4.78, 5) is 14.3. The van der Waals surface area contributed by atoms with Gasteiger partial charge in [-0.2, -0.15) is 0 Å². The average Bonchev–Trinajstić information content (AvgIpc) is 2.67. The molecule has 1 aliphatic heterocycles. The predicted molar refractivity (Wildman–Crippen MR) is 64.2 cm³/mol. The van der Waals surface area contributed by atoms with E-state index in [9.17, 15) is 4.79 Å². The Bertz CT molecular complexity index is 291. The minimum Gasteiger partial charge on any atom is -0.306 e. The fraction of sp³-hybridized carbons (Fsp3) is 0.929. The molecule has 2 heteroatoms. The molecule has 3 rings (SSSR count). The largest absolute Gasteiger partial charge is 0.306 e. The van der Waals surface area contributed by atoms with E-state index in [-0.39, 0.29) is 0 Å². The third-order valence-corrected chi connectivity index (χ3v) is 5.56. The van der Waals surface area contributed by atoms with E-state index in [1.54, 1.807) is 0 Å². The lowest BCUT2D eigenvalue weighted by molar-refractivity contribution is -0.124. The maximum absolute atomic E-state index is 11.9. The van der Waals surface area contributed by atoms with Crippen LogP contribution in [0, 0.1) is 17.3 Å². The summed E-state index contributed by atoms with van der Waals surface area (Å²) in [6.45, 7) is 2.49. The number of Topliss-reactive ketones (excluding diaryl/α,β-unsaturated/α-hetero) is 1. The van der Waals surface area contributed by atoms with Gasteiger partial charge in [0.1, 0.15) is 5.78 Å². The summed E-state index contributed by atoms with van der Waals surface area (Å²) in [5.41, 5.74) is 0.557. The van der Waals surface area contributed by atoms with Gasteiger partial charge in [-0.1, -0.05) is 6.42 Å². The van der Waals surface area contributed by atoms with Gasteiger partial charge in [0.2, 0.25) is 0 Å². The highest BCUT2D eigenvalue weighted by Gasteiger charge is 2.50. The number of piperidine rings is 1. The first kappa shape index (κ1) is 10.8. The Morgan fingerprint density at radius 2 is 1.94 bits per heavy atom. The lowest BCUT2D eigenvalue weighted by Gasteiger charge is -2.49. The number of hydrogen-bond acceptors (Lipinski definition) is 2. The molecule has 3 aliphatic rings. The Morgan fingerprint density at radius 3 is 2.69 bits per heavy atom. The van der Waals surface area contributed by atoms with E-state index in [0.717, 1.165) is 12.3 Å². The van der Waals surface area contributed by atoms with Crippen molar-refractivity contribution in [2.24, 2.45) is 17.3 Å². The van der Waals surface area contributed by atoms with Crippen LogP contribution in [0.1, 0.15) is 44.9 Å². The van der Waals surface area contributed by atoms with Gasteiger partial charge in [0.25, 0.3) is 0 Å². The van der Waals surface area contributed by atoms with Crippen LogP contribution in [0.5, 0.6) is 0 Å². The Hall–Kier alpha value is -0.370. The van der Waals surface area contributed by atoms with Gasteiger partial charge in [-0.15, -0.1) is 0 Å². The zero-order chi connectivity index (χ0) is 11.2. The smallest absolute Gasteiger partial charge is 0.136 e. The summed E-state index contributed by atoms with van der Waals surface area (Å²) in [5, 5.41) is 0. The predicted octanol–water partition coefficient (Wildman–Crippen LogP) is 2.48. The molecule has 1 spiro atoms. The molecule has 3 fully saturated rings. The first-order chi connectivity index (χ1) is 7.71. The van der Waals surface area contributed by atoms with Gasteiger partial charge in [0, 0.05) is 12.3 Å². The van der Waals surface area contributed by atoms with Crippen LogP contribution in [0.25, 0.3) is 0 Å². The number of carbonyl (C=O) groups excluding carboxylic acids is 1. The van der Waals surface area contributed by atoms with Crippen molar-refractivity contribution < 1.29 is 4.79 Å². The second-order valence-corrected chi connectivity index (χ2v) is 6.28. The van der Waals surface area contributed by atoms with Crippen LogP contribution in [-0.4, -0.2) is 30.8 Å². The SMILES string of the molecule is CN1CCC2(CCCC3C(=O)CCC32)CC1. The van der Waals surface area contributed by atoms with Crippen LogP contribution in [0.2, 0.25) is 0 Å². The van der Waals surface area contributed by atoms with E-state index >= 15 is 0 Å². The van der Waals surface area contributed by atoms with Crippen LogP contribution in [0.15, 0.2) is 0 Å². The molecule has 1 heterocycles. The molecule has 16 heavy (non-hydrogen) atoms. The lowest BCUT2D eigenvalue weighted by atomic mass is 9.58. The maximum Gasteiger partial charge on any atom is 0.136 e. The topological polar surface area (TPSA) is 20.3 Å². The number of hydrogen-bond donors (Lipinski definition) is 0. The highest BCUT2D eigenvalue weighted by molar-refractivity contribution is 5.83. The number of nitrogens with zero attached hydrogens (tertiary/aromatic N) is 1. The number of carbonyl (C=O) groups is 1. The molecular formula is C14H23NO. The summed E-state index contributed by atoms with van der Waals surface area (Å²) in [7, 11) is 2.23. The molecule has 0 aromatic heterocycles. The number of rotatable bonds is 0. The molecule has 2 unspecified atom stereocenters. The molecule has 2 atom stereocenters. The number of likely N-dealkylation sites (tertiary alicyclic amines) is 1. The molecule has 0 amide bonds. The molecule has 2 saturated carbocycles. The summed E-state index contributed by atoms with van der Waals surface area (Å²) in [6.07, 6.45) is 8.67. The second-order valence-electron chi connectivity index (χ2n) is 6.28. The van der Waals surface area contributed by atoms with Crippen molar-refractivity contribution in [2.45, 2.75) is 44.9 Å². The van der Waals surface area contributed by atoms with Crippen molar-refractivity contribution in [3.63, 3.8) is 0 Å². The van der Waals surface area contributed by atoms with Crippen LogP contribution in [-0.2, 0) is 4.79 Å². The van der Waals surface area contributed by atoms with Gasteiger partial charge < -0.3 is 4.90 Å². The Kier molecular flexibility index (Phi) is 2.58. The maximum atomic E-state index is 11.9. The van der Waals surface area contributed by atoms with E-state index in [2.05, 4.69) is 11.9 Å². The monoisotopic (exact) mass is 221 g/mol. The fourth-order valence-electron chi connectivity index (χ4n) is 4.55. The number of ketones is 1. The van der Waals surface area contributed by atoms with Crippen molar-refractivity contribution in [1.82, 2.24) is 4.90 Å². The second kappa shape index (κ2) is 3.83. The normalized spacial score (nSPS) is 38.9. The van der Waals surface area contributed by atoms with Gasteiger partial charge in [0.05, 0.1) is 0 Å². The molecule has 0 bridgehead atoms. The Labute approximate surface area is 98.4 Å². The minimum atomic E-state index is 0.456. The zero-order valence-electron chi connectivity index (χ0n) is 10.4. The van der Waals surface area contributed by atoms with Crippen LogP contribution in [0.4, 0.5) is 0 Å². The van der Waals surface area contributed by atoms with Gasteiger partial charge in [0.15, 0.2) is 0 Å². The first-order valence-electron chi connectivity index (χ1n) is 6.93. The van der Waals surface area contributed by atoms with E-state index < -0.39 is 0 Å². The van der Waals surface area contributed by atoms with E-state index in [4.69, 9.17) is 0 Å². The van der Waals surface area contributed by atoms with Crippen molar-refractivity contribution in [1.29, 1.82) is 0 Å². The van der Waals surface area contributed by atoms with Crippen molar-refractivity contribution in [3.8, 4) is 0 Å². The molecule has 2 nitrogen and oxygen atoms in total. The van der Waals surface area contributed by atoms with E-state index in [1.807, 2.05) is 0 Å². The van der Waals surface area contributed by atoms with Gasteiger partial charge in [-0.25, -0.2) is 0 Å². The van der Waals surface area contributed by atoms with Crippen molar-refractivity contribution in [2.75, 3.05) is 20.1 Å². The Balaban J connectivity index is 1.81. The molecule has 0 radical (unpaired) electrons. The first-order valence-corrected chi connectivity index (χ1v) is 6.93. The molecule has 1 saturated heterocycles. The molecule has 90 valence electrons. The standard InChI is InChI=1S/C14H23NO/c1-15-9-7-14(8-10-15)6-2-3-11-12(14)4-5-13(11)16/h11-12H,2-10H2,1H3. The number of fused-ring (bicyclic) bond motifs is 2. The van der Waals surface area contributed by atoms with E-state index in [1.165, 1.54) is 51.6 Å². The molecule has 2 aliphatic carbocycles. The molecule has 0 N–H and O–H groups in total. The van der Waals surface area contributed by atoms with Crippen LogP contribution >= 0.6 is 0 Å². The molecule has 0 aromatic carbocycles. The van der Waals surface area contributed by atoms with Crippen LogP contribution in [0.3, 0.4) is 0 Å². The minimum absolute atomic E-state index is 0.456. The third-order valence-electron chi connectivity index (χ3n) is 5.56. The lowest BCUT2D eigenvalue weighted by Crippen LogP contribution is -2.46. The third kappa shape index (κ3) is 1.54.